The van der Waals surface area contributed by atoms with Crippen LogP contribution in [-0.2, 0) is 38.5 Å². The van der Waals surface area contributed by atoms with Crippen molar-refractivity contribution in [2.45, 2.75) is 71.6 Å². The van der Waals surface area contributed by atoms with Crippen LogP contribution in [0.5, 0.6) is 5.75 Å². The Kier molecular flexibility index (Phi) is 8.85. The molecule has 3 aliphatic carbocycles. The first-order valence-electron chi connectivity index (χ1n) is 15.6. The summed E-state index contributed by atoms with van der Waals surface area (Å²) in [5, 5.41) is 47.5. The average Bonchev–Trinajstić information content (AvgIpc) is 2.99. The maximum Gasteiger partial charge on any atom is 0.323 e. The van der Waals surface area contributed by atoms with E-state index in [0.29, 0.717) is 24.1 Å². The first-order chi connectivity index (χ1) is 21.8. The van der Waals surface area contributed by atoms with Crippen molar-refractivity contribution in [2.75, 3.05) is 6.61 Å². The number of phenolic OH excluding ortho intramolecular Hbond substituents is 1. The van der Waals surface area contributed by atoms with Crippen LogP contribution in [0.1, 0.15) is 67.6 Å². The fraction of sp³-hybridized carbons (Fsp3) is 0.429. The molecule has 0 bridgehead atoms. The summed E-state index contributed by atoms with van der Waals surface area (Å²) in [5.41, 5.74) is 5.61. The molecule has 0 radical (unpaired) electrons. The number of nitrogens with one attached hydrogen (secondary N) is 1. The Balaban J connectivity index is 1.57. The summed E-state index contributed by atoms with van der Waals surface area (Å²) >= 11 is 0. The second-order valence-corrected chi connectivity index (χ2v) is 12.6. The largest absolute Gasteiger partial charge is 0.511 e. The van der Waals surface area contributed by atoms with Gasteiger partial charge >= 0.3 is 5.97 Å². The molecular weight excluding hydrogens is 592 g/mol. The van der Waals surface area contributed by atoms with Crippen molar-refractivity contribution in [2.24, 2.45) is 23.5 Å². The number of ketones is 2. The number of ether oxygens (including phenoxy) is 1. The topological polar surface area (TPSA) is 196 Å². The minimum absolute atomic E-state index is 0.00498. The van der Waals surface area contributed by atoms with Gasteiger partial charge in [-0.15, -0.1) is 0 Å². The number of aryl methyl sites for hydroxylation is 1. The molecule has 46 heavy (non-hydrogen) atoms. The van der Waals surface area contributed by atoms with Crippen LogP contribution in [0, 0.1) is 17.8 Å². The van der Waals surface area contributed by atoms with Crippen molar-refractivity contribution in [1.82, 2.24) is 5.32 Å². The highest BCUT2D eigenvalue weighted by Gasteiger charge is 2.59. The monoisotopic (exact) mass is 632 g/mol. The van der Waals surface area contributed by atoms with Crippen molar-refractivity contribution >= 4 is 23.4 Å². The fourth-order valence-corrected chi connectivity index (χ4v) is 7.22. The molecule has 0 aromatic heterocycles. The number of rotatable bonds is 9. The number of carbonyl (C=O) groups excluding carboxylic acids is 4. The maximum absolute atomic E-state index is 14.0. The van der Waals surface area contributed by atoms with Crippen LogP contribution in [0.25, 0.3) is 11.1 Å². The molecule has 0 spiro atoms. The third-order valence-corrected chi connectivity index (χ3v) is 9.52. The summed E-state index contributed by atoms with van der Waals surface area (Å²) in [7, 11) is 0. The summed E-state index contributed by atoms with van der Waals surface area (Å²) in [6.45, 7) is 8.29. The van der Waals surface area contributed by atoms with E-state index in [9.17, 15) is 39.6 Å². The molecule has 0 aliphatic heterocycles. The van der Waals surface area contributed by atoms with E-state index < -0.39 is 58.0 Å². The number of Topliss-reactive ketones (excluding diaryl/α,β-unsaturated/α-hetero) is 2. The quantitative estimate of drug-likeness (QED) is 0.176. The van der Waals surface area contributed by atoms with Crippen LogP contribution in [0.15, 0.2) is 53.0 Å². The number of aliphatic hydroxyl groups is 3. The number of amides is 1. The van der Waals surface area contributed by atoms with Crippen LogP contribution in [0.4, 0.5) is 0 Å². The molecule has 3 aliphatic rings. The molecule has 11 heteroatoms. The first kappa shape index (κ1) is 32.9. The van der Waals surface area contributed by atoms with E-state index in [2.05, 4.69) is 5.32 Å². The highest BCUT2D eigenvalue weighted by atomic mass is 16.5. The molecule has 0 saturated heterocycles. The molecule has 2 aromatic rings. The summed E-state index contributed by atoms with van der Waals surface area (Å²) < 4.78 is 5.23. The van der Waals surface area contributed by atoms with Gasteiger partial charge in [-0.25, -0.2) is 0 Å². The van der Waals surface area contributed by atoms with Crippen molar-refractivity contribution in [1.29, 1.82) is 0 Å². The highest BCUT2D eigenvalue weighted by molar-refractivity contribution is 6.24. The van der Waals surface area contributed by atoms with Crippen LogP contribution in [0.3, 0.4) is 0 Å². The molecule has 0 fully saturated rings. The molecule has 0 heterocycles. The number of primary amides is 1. The lowest BCUT2D eigenvalue weighted by Crippen LogP contribution is -2.57. The van der Waals surface area contributed by atoms with Gasteiger partial charge in [0.25, 0.3) is 5.91 Å². The highest BCUT2D eigenvalue weighted by Crippen LogP contribution is 2.52. The normalized spacial score (nSPS) is 23.2. The molecule has 5 rings (SSSR count). The van der Waals surface area contributed by atoms with Gasteiger partial charge in [0.15, 0.2) is 11.4 Å². The van der Waals surface area contributed by atoms with Gasteiger partial charge in [-0.2, -0.15) is 0 Å². The molecule has 11 nitrogen and oxygen atoms in total. The number of hydrogen-bond donors (Lipinski definition) is 6. The fourth-order valence-electron chi connectivity index (χ4n) is 7.22. The van der Waals surface area contributed by atoms with Gasteiger partial charge in [-0.05, 0) is 78.0 Å². The lowest BCUT2D eigenvalue weighted by molar-refractivity contribution is -0.147. The Morgan fingerprint density at radius 1 is 1.07 bits per heavy atom. The van der Waals surface area contributed by atoms with Gasteiger partial charge in [0, 0.05) is 24.5 Å². The minimum atomic E-state index is -2.61. The maximum atomic E-state index is 14.0. The van der Waals surface area contributed by atoms with Gasteiger partial charge < -0.3 is 36.2 Å². The third-order valence-electron chi connectivity index (χ3n) is 9.52. The van der Waals surface area contributed by atoms with Gasteiger partial charge in [-0.3, -0.25) is 19.2 Å². The SMILES string of the molecule is CCOC(=O)C(NCc1ccc(CC)c(-c2ccc(O)c3c2C[C@H]2C[C@H]4CC(O)=C(C(N)=O)C(=O)[C@@]4(O)C(O)=C2C3=O)c1)C(C)C. The van der Waals surface area contributed by atoms with E-state index in [0.717, 1.165) is 16.7 Å². The van der Waals surface area contributed by atoms with Gasteiger partial charge in [-0.1, -0.05) is 39.0 Å². The van der Waals surface area contributed by atoms with E-state index in [1.165, 1.54) is 6.07 Å². The number of esters is 1. The molecule has 2 aromatic carbocycles. The Bertz CT molecular complexity index is 1710. The van der Waals surface area contributed by atoms with Gasteiger partial charge in [0.1, 0.15) is 28.9 Å². The smallest absolute Gasteiger partial charge is 0.323 e. The number of allylic oxidation sites excluding steroid dienone is 2. The van der Waals surface area contributed by atoms with E-state index in [1.54, 1.807) is 13.0 Å². The average molecular weight is 633 g/mol. The number of hydrogen-bond acceptors (Lipinski definition) is 10. The molecule has 1 amide bonds. The van der Waals surface area contributed by atoms with E-state index in [-0.39, 0.29) is 54.6 Å². The summed E-state index contributed by atoms with van der Waals surface area (Å²) in [6.07, 6.45) is 0.625. The van der Waals surface area contributed by atoms with Crippen LogP contribution < -0.4 is 11.1 Å². The third kappa shape index (κ3) is 5.27. The Labute approximate surface area is 266 Å². The van der Waals surface area contributed by atoms with Gasteiger partial charge in [0.05, 0.1) is 12.2 Å². The van der Waals surface area contributed by atoms with Crippen molar-refractivity contribution in [3.63, 3.8) is 0 Å². The Morgan fingerprint density at radius 3 is 2.41 bits per heavy atom. The lowest BCUT2D eigenvalue weighted by Gasteiger charge is -2.45. The number of fused-ring (bicyclic) bond motifs is 3. The first-order valence-corrected chi connectivity index (χ1v) is 15.6. The van der Waals surface area contributed by atoms with Crippen LogP contribution >= 0.6 is 0 Å². The number of aliphatic hydroxyl groups excluding tert-OH is 2. The predicted molar refractivity (Wildman–Crippen MR) is 168 cm³/mol. The number of benzene rings is 2. The van der Waals surface area contributed by atoms with E-state index in [1.807, 2.05) is 39.0 Å². The second-order valence-electron chi connectivity index (χ2n) is 12.6. The molecule has 4 atom stereocenters. The van der Waals surface area contributed by atoms with E-state index in [4.69, 9.17) is 10.5 Å². The Morgan fingerprint density at radius 2 is 1.78 bits per heavy atom. The zero-order valence-corrected chi connectivity index (χ0v) is 26.3. The molecule has 1 unspecified atom stereocenters. The summed E-state index contributed by atoms with van der Waals surface area (Å²) in [5.74, 6) is -6.98. The molecule has 244 valence electrons. The number of phenols is 1. The number of carbonyl (C=O) groups is 4. The summed E-state index contributed by atoms with van der Waals surface area (Å²) in [4.78, 5) is 51.7. The molecular formula is C35H40N2O9. The van der Waals surface area contributed by atoms with Crippen molar-refractivity contribution < 1.29 is 44.3 Å². The van der Waals surface area contributed by atoms with Crippen LogP contribution in [-0.4, -0.2) is 62.1 Å². The van der Waals surface area contributed by atoms with Gasteiger partial charge in [0.2, 0.25) is 5.78 Å². The van der Waals surface area contributed by atoms with Crippen molar-refractivity contribution in [3.8, 4) is 16.9 Å². The molecule has 0 saturated carbocycles. The number of nitrogens with two attached hydrogens (primary N) is 1. The summed E-state index contributed by atoms with van der Waals surface area (Å²) in [6, 6.07) is 8.59. The number of aromatic hydroxyl groups is 1. The predicted octanol–water partition coefficient (Wildman–Crippen LogP) is 3.49. The van der Waals surface area contributed by atoms with E-state index >= 15 is 0 Å². The standard InChI is InChI=1S/C35H40N2O9/c1-5-18-8-7-17(15-37-29(16(3)4)34(44)46-6-2)11-22(18)21-9-10-24(38)27-23(21)13-19-12-20-14-25(39)28(33(36)43)32(42)35(20,45)31(41)26(19)30(27)40/h7-11,16,19-20,29,37-39,41,45H,5-6,12-15H2,1-4H3,(H2,36,43)/t19-,20+,29?,35+/m1/s1. The Hall–Kier alpha value is -4.48. The lowest BCUT2D eigenvalue weighted by atomic mass is 9.60. The zero-order chi connectivity index (χ0) is 33.7. The van der Waals surface area contributed by atoms with Crippen molar-refractivity contribution in [3.05, 3.63) is 75.3 Å². The molecule has 7 N–H and O–H groups in total. The van der Waals surface area contributed by atoms with Crippen LogP contribution in [0.2, 0.25) is 0 Å². The zero-order valence-electron chi connectivity index (χ0n) is 26.3. The second kappa shape index (κ2) is 12.4. The minimum Gasteiger partial charge on any atom is -0.511 e.